The summed E-state index contributed by atoms with van der Waals surface area (Å²) in [5.41, 5.74) is 6.01. The zero-order valence-electron chi connectivity index (χ0n) is 15.2. The topological polar surface area (TPSA) is 83.7 Å². The smallest absolute Gasteiger partial charge is 0.255 e. The molecular formula is C18H28ClN3O3S. The fraction of sp³-hybridized carbons (Fsp3) is 0.611. The van der Waals surface area contributed by atoms with Crippen molar-refractivity contribution in [3.05, 3.63) is 29.8 Å². The van der Waals surface area contributed by atoms with Crippen LogP contribution in [0.2, 0.25) is 0 Å². The molecule has 0 aromatic heterocycles. The third-order valence-corrected chi connectivity index (χ3v) is 7.34. The molecule has 2 saturated heterocycles. The van der Waals surface area contributed by atoms with Crippen molar-refractivity contribution in [3.63, 3.8) is 0 Å². The number of piperidine rings is 1. The highest BCUT2D eigenvalue weighted by Gasteiger charge is 2.37. The molecule has 8 heteroatoms. The molecule has 1 unspecified atom stereocenters. The molecule has 2 heterocycles. The Bertz CT molecular complexity index is 750. The molecular weight excluding hydrogens is 374 g/mol. The number of nitrogens with two attached hydrogens (primary N) is 1. The maximum atomic E-state index is 13.0. The molecule has 2 N–H and O–H groups in total. The van der Waals surface area contributed by atoms with Crippen LogP contribution in [-0.4, -0.2) is 56.3 Å². The number of likely N-dealkylation sites (tertiary alicyclic amines) is 1. The number of halogens is 1. The van der Waals surface area contributed by atoms with Crippen molar-refractivity contribution in [1.29, 1.82) is 0 Å². The van der Waals surface area contributed by atoms with Gasteiger partial charge in [-0.05, 0) is 43.4 Å². The highest BCUT2D eigenvalue weighted by Crippen LogP contribution is 2.31. The molecule has 6 nitrogen and oxygen atoms in total. The molecule has 0 radical (unpaired) electrons. The lowest BCUT2D eigenvalue weighted by atomic mass is 9.90. The third-order valence-electron chi connectivity index (χ3n) is 5.39. The predicted molar refractivity (Wildman–Crippen MR) is 104 cm³/mol. The van der Waals surface area contributed by atoms with Crippen LogP contribution in [0.3, 0.4) is 0 Å². The molecule has 0 aliphatic carbocycles. The summed E-state index contributed by atoms with van der Waals surface area (Å²) in [7, 11) is -3.64. The second kappa shape index (κ2) is 8.25. The molecule has 1 amide bonds. The van der Waals surface area contributed by atoms with Crippen LogP contribution in [0, 0.1) is 5.41 Å². The number of benzene rings is 1. The van der Waals surface area contributed by atoms with Crippen molar-refractivity contribution in [1.82, 2.24) is 9.21 Å². The van der Waals surface area contributed by atoms with Gasteiger partial charge in [0.25, 0.3) is 5.91 Å². The summed E-state index contributed by atoms with van der Waals surface area (Å²) >= 11 is 0. The number of rotatable bonds is 4. The largest absolute Gasteiger partial charge is 0.338 e. The van der Waals surface area contributed by atoms with E-state index >= 15 is 0 Å². The molecule has 1 aromatic rings. The van der Waals surface area contributed by atoms with Gasteiger partial charge in [-0.2, -0.15) is 4.31 Å². The molecule has 3 rings (SSSR count). The lowest BCUT2D eigenvalue weighted by Crippen LogP contribution is -2.38. The fourth-order valence-corrected chi connectivity index (χ4v) is 5.35. The minimum Gasteiger partial charge on any atom is -0.338 e. The summed E-state index contributed by atoms with van der Waals surface area (Å²) in [5.74, 6) is -0.214. The number of sulfonamides is 1. The van der Waals surface area contributed by atoms with Gasteiger partial charge in [0.1, 0.15) is 0 Å². The Kier molecular flexibility index (Phi) is 6.71. The number of carbonyl (C=O) groups excluding carboxylic acids is 1. The normalized spacial score (nSPS) is 24.3. The van der Waals surface area contributed by atoms with Crippen molar-refractivity contribution < 1.29 is 13.2 Å². The summed E-state index contributed by atoms with van der Waals surface area (Å²) < 4.78 is 27.6. The fourth-order valence-electron chi connectivity index (χ4n) is 3.65. The standard InChI is InChI=1S/C18H27N3O3S.ClH/c1-18(13-19)9-12-20(14-18)17(22)15-7-3-4-8-16(15)25(23,24)21-10-5-2-6-11-21;/h3-4,7-8H,2,5-6,9-14,19H2,1H3;1H. The van der Waals surface area contributed by atoms with Crippen molar-refractivity contribution in [2.24, 2.45) is 11.1 Å². The highest BCUT2D eigenvalue weighted by molar-refractivity contribution is 7.89. The number of carbonyl (C=O) groups is 1. The Morgan fingerprint density at radius 2 is 1.81 bits per heavy atom. The SMILES string of the molecule is CC1(CN)CCN(C(=O)c2ccccc2S(=O)(=O)N2CCCCC2)C1.Cl. The van der Waals surface area contributed by atoms with Gasteiger partial charge in [0.15, 0.2) is 0 Å². The second-order valence-electron chi connectivity index (χ2n) is 7.45. The van der Waals surface area contributed by atoms with E-state index in [9.17, 15) is 13.2 Å². The number of hydrogen-bond donors (Lipinski definition) is 1. The third kappa shape index (κ3) is 4.06. The molecule has 2 aliphatic heterocycles. The van der Waals surface area contributed by atoms with Gasteiger partial charge in [-0.15, -0.1) is 12.4 Å². The van der Waals surface area contributed by atoms with Crippen LogP contribution in [0.5, 0.6) is 0 Å². The quantitative estimate of drug-likeness (QED) is 0.837. The molecule has 146 valence electrons. The van der Waals surface area contributed by atoms with Gasteiger partial charge >= 0.3 is 0 Å². The zero-order chi connectivity index (χ0) is 18.1. The van der Waals surface area contributed by atoms with Gasteiger partial charge in [0.05, 0.1) is 10.5 Å². The van der Waals surface area contributed by atoms with Crippen molar-refractivity contribution in [3.8, 4) is 0 Å². The van der Waals surface area contributed by atoms with Crippen LogP contribution in [-0.2, 0) is 10.0 Å². The first-order chi connectivity index (χ1) is 11.9. The van der Waals surface area contributed by atoms with E-state index < -0.39 is 10.0 Å². The van der Waals surface area contributed by atoms with Crippen LogP contribution < -0.4 is 5.73 Å². The monoisotopic (exact) mass is 401 g/mol. The summed E-state index contributed by atoms with van der Waals surface area (Å²) in [5, 5.41) is 0. The molecule has 2 fully saturated rings. The molecule has 0 saturated carbocycles. The first-order valence-electron chi connectivity index (χ1n) is 8.96. The van der Waals surface area contributed by atoms with Crippen molar-refractivity contribution in [2.45, 2.75) is 37.5 Å². The van der Waals surface area contributed by atoms with E-state index in [4.69, 9.17) is 5.73 Å². The summed E-state index contributed by atoms with van der Waals surface area (Å²) in [6, 6.07) is 6.58. The van der Waals surface area contributed by atoms with Crippen LogP contribution >= 0.6 is 12.4 Å². The molecule has 0 bridgehead atoms. The Morgan fingerprint density at radius 3 is 2.42 bits per heavy atom. The maximum Gasteiger partial charge on any atom is 0.255 e. The van der Waals surface area contributed by atoms with Crippen LogP contribution in [0.25, 0.3) is 0 Å². The molecule has 1 atom stereocenters. The molecule has 0 spiro atoms. The summed E-state index contributed by atoms with van der Waals surface area (Å²) in [6.45, 7) is 4.83. The first-order valence-corrected chi connectivity index (χ1v) is 10.4. The van der Waals surface area contributed by atoms with Gasteiger partial charge in [-0.3, -0.25) is 4.79 Å². The Labute approximate surface area is 162 Å². The zero-order valence-corrected chi connectivity index (χ0v) is 16.8. The van der Waals surface area contributed by atoms with E-state index in [-0.39, 0.29) is 34.2 Å². The van der Waals surface area contributed by atoms with Gasteiger partial charge in [-0.1, -0.05) is 25.5 Å². The highest BCUT2D eigenvalue weighted by atomic mass is 35.5. The van der Waals surface area contributed by atoms with E-state index in [0.717, 1.165) is 25.7 Å². The molecule has 2 aliphatic rings. The number of hydrogen-bond acceptors (Lipinski definition) is 4. The Morgan fingerprint density at radius 1 is 1.15 bits per heavy atom. The van der Waals surface area contributed by atoms with Crippen molar-refractivity contribution >= 4 is 28.3 Å². The average molecular weight is 402 g/mol. The first kappa shape index (κ1) is 21.2. The minimum absolute atomic E-state index is 0. The van der Waals surface area contributed by atoms with E-state index in [2.05, 4.69) is 6.92 Å². The van der Waals surface area contributed by atoms with E-state index in [1.165, 1.54) is 4.31 Å². The Balaban J connectivity index is 0.00000243. The summed E-state index contributed by atoms with van der Waals surface area (Å²) in [6.07, 6.45) is 3.64. The van der Waals surface area contributed by atoms with E-state index in [0.29, 0.717) is 32.7 Å². The van der Waals surface area contributed by atoms with Crippen LogP contribution in [0.4, 0.5) is 0 Å². The van der Waals surface area contributed by atoms with Crippen LogP contribution in [0.15, 0.2) is 29.2 Å². The lowest BCUT2D eigenvalue weighted by molar-refractivity contribution is 0.0773. The van der Waals surface area contributed by atoms with Gasteiger partial charge in [0.2, 0.25) is 10.0 Å². The minimum atomic E-state index is -3.64. The Hall–Kier alpha value is -1.15. The maximum absolute atomic E-state index is 13.0. The van der Waals surface area contributed by atoms with Gasteiger partial charge in [0, 0.05) is 26.2 Å². The van der Waals surface area contributed by atoms with Gasteiger partial charge in [-0.25, -0.2) is 8.42 Å². The molecule has 1 aromatic carbocycles. The van der Waals surface area contributed by atoms with Crippen molar-refractivity contribution in [2.75, 3.05) is 32.7 Å². The van der Waals surface area contributed by atoms with Crippen LogP contribution in [0.1, 0.15) is 43.0 Å². The second-order valence-corrected chi connectivity index (χ2v) is 9.36. The summed E-state index contributed by atoms with van der Waals surface area (Å²) in [4.78, 5) is 14.9. The van der Waals surface area contributed by atoms with E-state index in [1.54, 1.807) is 29.2 Å². The number of amides is 1. The lowest BCUT2D eigenvalue weighted by Gasteiger charge is -2.27. The number of nitrogens with zero attached hydrogens (tertiary/aromatic N) is 2. The molecule has 26 heavy (non-hydrogen) atoms. The van der Waals surface area contributed by atoms with Gasteiger partial charge < -0.3 is 10.6 Å². The predicted octanol–water partition coefficient (Wildman–Crippen LogP) is 2.09. The van der Waals surface area contributed by atoms with E-state index in [1.807, 2.05) is 0 Å². The average Bonchev–Trinajstić information content (AvgIpc) is 3.05.